The second-order valence-corrected chi connectivity index (χ2v) is 11.2. The highest BCUT2D eigenvalue weighted by Crippen LogP contribution is 2.41. The van der Waals surface area contributed by atoms with Gasteiger partial charge in [0.2, 0.25) is 0 Å². The van der Waals surface area contributed by atoms with Crippen LogP contribution >= 0.6 is 0 Å². The first-order valence-corrected chi connectivity index (χ1v) is 13.8. The Kier molecular flexibility index (Phi) is 6.00. The molecule has 1 saturated heterocycles. The van der Waals surface area contributed by atoms with Gasteiger partial charge >= 0.3 is 13.1 Å². The smallest absolute Gasteiger partial charge is 0.459 e. The molecule has 0 N–H and O–H groups in total. The molecule has 2 heterocycles. The fraction of sp³-hybridized carbons (Fsp3) is 0.171. The van der Waals surface area contributed by atoms with Crippen molar-refractivity contribution in [3.05, 3.63) is 115 Å². The van der Waals surface area contributed by atoms with Gasteiger partial charge in [-0.2, -0.15) is 0 Å². The maximum atomic E-state index is 13.4. The van der Waals surface area contributed by atoms with Gasteiger partial charge in [-0.3, -0.25) is 0 Å². The van der Waals surface area contributed by atoms with Gasteiger partial charge < -0.3 is 18.5 Å². The molecule has 0 saturated carbocycles. The molecule has 5 nitrogen and oxygen atoms in total. The number of hydrogen-bond donors (Lipinski definition) is 0. The molecule has 0 spiro atoms. The first kappa shape index (κ1) is 25.6. The molecule has 5 aromatic carbocycles. The van der Waals surface area contributed by atoms with Crippen molar-refractivity contribution in [1.82, 2.24) is 0 Å². The number of para-hydroxylation sites is 1. The van der Waals surface area contributed by atoms with Gasteiger partial charge in [0.15, 0.2) is 5.60 Å². The van der Waals surface area contributed by atoms with Gasteiger partial charge in [0, 0.05) is 10.8 Å². The number of hydrogen-bond acceptors (Lipinski definition) is 5. The Balaban J connectivity index is 1.27. The average Bonchev–Trinajstić information content (AvgIpc) is 3.50. The van der Waals surface area contributed by atoms with Gasteiger partial charge in [-0.15, -0.1) is 0 Å². The summed E-state index contributed by atoms with van der Waals surface area (Å²) in [5.74, 6) is -0.451. The topological polar surface area (TPSA) is 57.9 Å². The molecule has 6 aromatic rings. The molecule has 1 unspecified atom stereocenters. The van der Waals surface area contributed by atoms with E-state index in [2.05, 4.69) is 30.3 Å². The van der Waals surface area contributed by atoms with Crippen LogP contribution in [0.15, 0.2) is 114 Å². The Bertz CT molecular complexity index is 1930. The number of ether oxygens (including phenoxy) is 1. The summed E-state index contributed by atoms with van der Waals surface area (Å²) < 4.78 is 24.8. The molecule has 41 heavy (non-hydrogen) atoms. The van der Waals surface area contributed by atoms with Crippen LogP contribution in [0.2, 0.25) is 0 Å². The molecule has 1 aromatic heterocycles. The fourth-order valence-corrected chi connectivity index (χ4v) is 5.80. The summed E-state index contributed by atoms with van der Waals surface area (Å²) in [5.41, 5.74) is 3.46. The van der Waals surface area contributed by atoms with Gasteiger partial charge in [-0.1, -0.05) is 97.1 Å². The van der Waals surface area contributed by atoms with Crippen LogP contribution in [-0.4, -0.2) is 24.3 Å². The summed E-state index contributed by atoms with van der Waals surface area (Å²) in [5, 5.41) is 4.23. The highest BCUT2D eigenvalue weighted by atomic mass is 16.7. The maximum absolute atomic E-state index is 13.4. The molecule has 0 amide bonds. The summed E-state index contributed by atoms with van der Waals surface area (Å²) in [6, 6.07) is 36.3. The van der Waals surface area contributed by atoms with E-state index in [-0.39, 0.29) is 6.61 Å². The molecule has 1 fully saturated rings. The number of rotatable bonds is 5. The first-order chi connectivity index (χ1) is 19.9. The quantitative estimate of drug-likeness (QED) is 0.168. The molecule has 202 valence electrons. The number of benzene rings is 5. The third-order valence-corrected chi connectivity index (χ3v) is 8.40. The molecule has 7 rings (SSSR count). The molecule has 1 atom stereocenters. The largest absolute Gasteiger partial charge is 0.495 e. The van der Waals surface area contributed by atoms with E-state index in [1.807, 2.05) is 92.7 Å². The zero-order chi connectivity index (χ0) is 28.2. The Morgan fingerprint density at radius 3 is 2.17 bits per heavy atom. The molecule has 0 aliphatic carbocycles. The molecule has 0 bridgehead atoms. The average molecular weight is 540 g/mol. The third kappa shape index (κ3) is 4.14. The van der Waals surface area contributed by atoms with Crippen molar-refractivity contribution in [2.75, 3.05) is 0 Å². The standard InChI is InChI=1S/C35H29BO5/c1-34(2)35(3,33(37)38-22-23-12-5-4-6-13-23)41-36(40-34)29-21-20-25(24-14-7-8-15-26(24)29)27-17-11-19-31-32(27)28-16-9-10-18-30(28)39-31/h4-21H,22H2,1-3H3. The zero-order valence-corrected chi connectivity index (χ0v) is 23.2. The molecule has 6 heteroatoms. The predicted octanol–water partition coefficient (Wildman–Crippen LogP) is 7.43. The van der Waals surface area contributed by atoms with E-state index in [1.54, 1.807) is 6.92 Å². The first-order valence-electron chi connectivity index (χ1n) is 13.8. The van der Waals surface area contributed by atoms with E-state index in [1.165, 1.54) is 0 Å². The third-order valence-electron chi connectivity index (χ3n) is 8.40. The maximum Gasteiger partial charge on any atom is 0.495 e. The van der Waals surface area contributed by atoms with Gasteiger partial charge in [-0.25, -0.2) is 4.79 Å². The summed E-state index contributed by atoms with van der Waals surface area (Å²) >= 11 is 0. The summed E-state index contributed by atoms with van der Waals surface area (Å²) in [4.78, 5) is 13.4. The number of carbonyl (C=O) groups is 1. The predicted molar refractivity (Wildman–Crippen MR) is 163 cm³/mol. The van der Waals surface area contributed by atoms with Gasteiger partial charge in [0.25, 0.3) is 0 Å². The molecule has 1 aliphatic heterocycles. The van der Waals surface area contributed by atoms with E-state index in [0.717, 1.165) is 54.9 Å². The zero-order valence-electron chi connectivity index (χ0n) is 23.2. The lowest BCUT2D eigenvalue weighted by Gasteiger charge is -2.33. The molecule has 1 aliphatic rings. The Morgan fingerprint density at radius 1 is 0.683 bits per heavy atom. The highest BCUT2D eigenvalue weighted by molar-refractivity contribution is 6.65. The lowest BCUT2D eigenvalue weighted by molar-refractivity contribution is -0.169. The van der Waals surface area contributed by atoms with Crippen molar-refractivity contribution in [1.29, 1.82) is 0 Å². The van der Waals surface area contributed by atoms with Crippen molar-refractivity contribution in [2.24, 2.45) is 0 Å². The van der Waals surface area contributed by atoms with Gasteiger partial charge in [0.05, 0.1) is 5.60 Å². The van der Waals surface area contributed by atoms with Crippen LogP contribution in [0.4, 0.5) is 0 Å². The molecule has 0 radical (unpaired) electrons. The van der Waals surface area contributed by atoms with E-state index < -0.39 is 24.3 Å². The van der Waals surface area contributed by atoms with Gasteiger partial charge in [-0.05, 0) is 65.8 Å². The SMILES string of the molecule is CC1(C)OB(c2ccc(-c3cccc4oc5ccccc5c34)c3ccccc23)OC1(C)C(=O)OCc1ccccc1. The van der Waals surface area contributed by atoms with E-state index in [4.69, 9.17) is 18.5 Å². The van der Waals surface area contributed by atoms with Crippen LogP contribution in [0.5, 0.6) is 0 Å². The number of esters is 1. The van der Waals surface area contributed by atoms with Crippen LogP contribution in [0.25, 0.3) is 43.8 Å². The number of fused-ring (bicyclic) bond motifs is 4. The Labute approximate surface area is 238 Å². The minimum atomic E-state index is -1.30. The summed E-state index contributed by atoms with van der Waals surface area (Å²) in [7, 11) is -0.747. The van der Waals surface area contributed by atoms with Gasteiger partial charge in [0.1, 0.15) is 17.8 Å². The van der Waals surface area contributed by atoms with Crippen LogP contribution < -0.4 is 5.46 Å². The monoisotopic (exact) mass is 540 g/mol. The molecular formula is C35H29BO5. The minimum Gasteiger partial charge on any atom is -0.459 e. The normalized spacial score (nSPS) is 18.4. The van der Waals surface area contributed by atoms with Crippen LogP contribution in [0.3, 0.4) is 0 Å². The highest BCUT2D eigenvalue weighted by Gasteiger charge is 2.60. The van der Waals surface area contributed by atoms with Crippen molar-refractivity contribution in [3.8, 4) is 11.1 Å². The summed E-state index contributed by atoms with van der Waals surface area (Å²) in [6.07, 6.45) is 0. The van der Waals surface area contributed by atoms with E-state index in [9.17, 15) is 4.79 Å². The summed E-state index contributed by atoms with van der Waals surface area (Å²) in [6.45, 7) is 5.67. The second-order valence-electron chi connectivity index (χ2n) is 11.2. The van der Waals surface area contributed by atoms with Crippen molar-refractivity contribution in [3.63, 3.8) is 0 Å². The van der Waals surface area contributed by atoms with E-state index in [0.29, 0.717) is 0 Å². The van der Waals surface area contributed by atoms with Crippen LogP contribution in [0.1, 0.15) is 26.3 Å². The number of furan rings is 1. The minimum absolute atomic E-state index is 0.172. The van der Waals surface area contributed by atoms with Crippen molar-refractivity contribution >= 4 is 51.3 Å². The lowest BCUT2D eigenvalue weighted by atomic mass is 9.75. The Morgan fingerprint density at radius 2 is 1.37 bits per heavy atom. The lowest BCUT2D eigenvalue weighted by Crippen LogP contribution is -2.52. The molecular weight excluding hydrogens is 511 g/mol. The second kappa shape index (κ2) is 9.62. The number of carbonyl (C=O) groups excluding carboxylic acids is 1. The fourth-order valence-electron chi connectivity index (χ4n) is 5.80. The van der Waals surface area contributed by atoms with E-state index >= 15 is 0 Å². The van der Waals surface area contributed by atoms with Crippen LogP contribution in [-0.2, 0) is 25.4 Å². The Hall–Kier alpha value is -4.39. The van der Waals surface area contributed by atoms with Crippen molar-refractivity contribution in [2.45, 2.75) is 38.6 Å². The van der Waals surface area contributed by atoms with Crippen molar-refractivity contribution < 1.29 is 23.3 Å². The van der Waals surface area contributed by atoms with Crippen LogP contribution in [0, 0.1) is 0 Å².